The van der Waals surface area contributed by atoms with Crippen molar-refractivity contribution in [1.82, 2.24) is 19.9 Å². The highest BCUT2D eigenvalue weighted by atomic mass is 32.1. The van der Waals surface area contributed by atoms with Crippen LogP contribution in [0.15, 0.2) is 6.33 Å². The van der Waals surface area contributed by atoms with Crippen molar-refractivity contribution in [1.29, 1.82) is 0 Å². The number of carboxylic acids is 1. The van der Waals surface area contributed by atoms with Gasteiger partial charge in [-0.25, -0.2) is 4.98 Å². The van der Waals surface area contributed by atoms with Crippen LogP contribution in [0.4, 0.5) is 5.95 Å². The molecule has 120 valence electrons. The molecule has 0 amide bonds. The summed E-state index contributed by atoms with van der Waals surface area (Å²) in [5, 5.41) is 8.67. The minimum atomic E-state index is -0.638. The Labute approximate surface area is 132 Å². The number of aliphatic carboxylic acids is 1. The zero-order valence-electron chi connectivity index (χ0n) is 12.1. The van der Waals surface area contributed by atoms with Gasteiger partial charge in [0, 0.05) is 0 Å². The summed E-state index contributed by atoms with van der Waals surface area (Å²) < 4.78 is 0.532. The van der Waals surface area contributed by atoms with Crippen molar-refractivity contribution < 1.29 is 9.90 Å². The molecule has 0 atom stereocenters. The molecule has 0 aromatic carbocycles. The molecule has 3 rings (SSSR count). The smallest absolute Gasteiger partial charge is 0.306 e. The predicted molar refractivity (Wildman–Crippen MR) is 85.6 cm³/mol. The van der Waals surface area contributed by atoms with Gasteiger partial charge in [-0.05, 0) is 38.1 Å². The minimum absolute atomic E-state index is 0.0993. The van der Waals surface area contributed by atoms with Crippen LogP contribution in [-0.4, -0.2) is 37.6 Å². The molecular formula is C13H20N6O2S. The molecule has 0 aliphatic heterocycles. The van der Waals surface area contributed by atoms with Crippen LogP contribution in [-0.2, 0) is 4.79 Å². The number of aromatic amines is 2. The van der Waals surface area contributed by atoms with E-state index >= 15 is 0 Å². The topological polar surface area (TPSA) is 147 Å². The van der Waals surface area contributed by atoms with Gasteiger partial charge in [0.15, 0.2) is 5.65 Å². The summed E-state index contributed by atoms with van der Waals surface area (Å²) in [6.07, 6.45) is 5.15. The van der Waals surface area contributed by atoms with Crippen LogP contribution in [0.3, 0.4) is 0 Å². The number of imidazole rings is 1. The number of hydrogen-bond donors (Lipinski definition) is 5. The molecule has 2 aromatic heterocycles. The summed E-state index contributed by atoms with van der Waals surface area (Å²) in [5.41, 5.74) is 12.1. The lowest BCUT2D eigenvalue weighted by Gasteiger charge is -2.24. The molecule has 1 aliphatic rings. The monoisotopic (exact) mass is 324 g/mol. The van der Waals surface area contributed by atoms with Gasteiger partial charge in [0.2, 0.25) is 5.95 Å². The summed E-state index contributed by atoms with van der Waals surface area (Å²) in [6, 6.07) is 0. The van der Waals surface area contributed by atoms with E-state index in [1.807, 2.05) is 0 Å². The summed E-state index contributed by atoms with van der Waals surface area (Å²) in [5.74, 6) is 0.124. The van der Waals surface area contributed by atoms with Gasteiger partial charge in [-0.15, -0.1) is 0 Å². The van der Waals surface area contributed by atoms with Gasteiger partial charge < -0.3 is 26.5 Å². The van der Waals surface area contributed by atoms with Gasteiger partial charge in [-0.3, -0.25) is 4.79 Å². The number of nitrogens with one attached hydrogen (secondary N) is 2. The lowest BCUT2D eigenvalue weighted by molar-refractivity contribution is -0.143. The summed E-state index contributed by atoms with van der Waals surface area (Å²) in [7, 11) is 0. The Hall–Kier alpha value is -2.00. The second-order valence-corrected chi connectivity index (χ2v) is 5.75. The van der Waals surface area contributed by atoms with Crippen LogP contribution in [0.2, 0.25) is 0 Å². The number of fused-ring (bicyclic) bond motifs is 1. The molecule has 1 saturated carbocycles. The Balaban J connectivity index is 0.000000160. The Morgan fingerprint density at radius 1 is 1.41 bits per heavy atom. The average Bonchev–Trinajstić information content (AvgIpc) is 2.96. The second-order valence-electron chi connectivity index (χ2n) is 5.34. The van der Waals surface area contributed by atoms with Gasteiger partial charge in [0.05, 0.1) is 12.2 Å². The first kappa shape index (κ1) is 16.4. The van der Waals surface area contributed by atoms with Gasteiger partial charge in [-0.1, -0.05) is 12.2 Å². The normalized spacial score (nSPS) is 21.1. The molecule has 2 heterocycles. The highest BCUT2D eigenvalue weighted by molar-refractivity contribution is 7.71. The Bertz CT molecular complexity index is 689. The standard InChI is InChI=1S/C8H15NO2.C5H5N5S/c9-5-6-1-3-7(4-2-6)8(10)11;6-5-9-3-2(4(11)10-5)7-1-8-3/h6-7H,1-5,9H2,(H,10,11);1H,(H4,6,7,8,9,10,11)/t6-,7-;. The molecule has 0 saturated heterocycles. The number of carbonyl (C=O) groups is 1. The molecule has 0 bridgehead atoms. The quantitative estimate of drug-likeness (QED) is 0.525. The van der Waals surface area contributed by atoms with Crippen molar-refractivity contribution in [2.24, 2.45) is 17.6 Å². The molecule has 2 aromatic rings. The van der Waals surface area contributed by atoms with Crippen LogP contribution >= 0.6 is 12.2 Å². The highest BCUT2D eigenvalue weighted by Gasteiger charge is 2.24. The highest BCUT2D eigenvalue weighted by Crippen LogP contribution is 2.27. The Morgan fingerprint density at radius 2 is 2.09 bits per heavy atom. The van der Waals surface area contributed by atoms with Crippen LogP contribution in [0.5, 0.6) is 0 Å². The lowest BCUT2D eigenvalue weighted by atomic mass is 9.82. The van der Waals surface area contributed by atoms with E-state index < -0.39 is 5.97 Å². The fourth-order valence-corrected chi connectivity index (χ4v) is 2.76. The Morgan fingerprint density at radius 3 is 2.68 bits per heavy atom. The number of H-pyrrole nitrogens is 2. The van der Waals surface area contributed by atoms with E-state index in [0.29, 0.717) is 28.3 Å². The fraction of sp³-hybridized carbons (Fsp3) is 0.538. The second kappa shape index (κ2) is 7.32. The molecule has 1 aliphatic carbocycles. The summed E-state index contributed by atoms with van der Waals surface area (Å²) in [6.45, 7) is 0.715. The average molecular weight is 324 g/mol. The van der Waals surface area contributed by atoms with Crippen LogP contribution in [0.25, 0.3) is 11.2 Å². The molecule has 1 fully saturated rings. The maximum atomic E-state index is 10.5. The maximum absolute atomic E-state index is 10.5. The molecular weight excluding hydrogens is 304 g/mol. The van der Waals surface area contributed by atoms with Crippen molar-refractivity contribution >= 4 is 35.3 Å². The first-order valence-corrected chi connectivity index (χ1v) is 7.53. The Kier molecular flexibility index (Phi) is 5.45. The van der Waals surface area contributed by atoms with Crippen molar-refractivity contribution in [2.75, 3.05) is 12.3 Å². The SMILES string of the molecule is NC[C@H]1CC[C@H](C(=O)O)CC1.Nc1nc2nc[nH]c2c(=S)[nH]1. The molecule has 9 heteroatoms. The summed E-state index contributed by atoms with van der Waals surface area (Å²) in [4.78, 5) is 23.9. The molecule has 0 unspecified atom stereocenters. The van der Waals surface area contributed by atoms with Gasteiger partial charge >= 0.3 is 5.97 Å². The van der Waals surface area contributed by atoms with Crippen LogP contribution < -0.4 is 11.5 Å². The van der Waals surface area contributed by atoms with E-state index in [2.05, 4.69) is 19.9 Å². The van der Waals surface area contributed by atoms with E-state index in [1.165, 1.54) is 6.33 Å². The van der Waals surface area contributed by atoms with Crippen molar-refractivity contribution in [2.45, 2.75) is 25.7 Å². The maximum Gasteiger partial charge on any atom is 0.306 e. The van der Waals surface area contributed by atoms with E-state index in [0.717, 1.165) is 25.7 Å². The van der Waals surface area contributed by atoms with Crippen LogP contribution in [0, 0.1) is 16.5 Å². The van der Waals surface area contributed by atoms with E-state index in [4.69, 9.17) is 28.8 Å². The number of rotatable bonds is 2. The van der Waals surface area contributed by atoms with E-state index in [9.17, 15) is 4.79 Å². The number of anilines is 1. The van der Waals surface area contributed by atoms with E-state index in [-0.39, 0.29) is 11.9 Å². The third-order valence-electron chi connectivity index (χ3n) is 3.84. The third-order valence-corrected chi connectivity index (χ3v) is 4.15. The number of carboxylic acid groups (broad SMARTS) is 1. The number of nitrogens with zero attached hydrogens (tertiary/aromatic N) is 2. The first-order chi connectivity index (χ1) is 10.5. The van der Waals surface area contributed by atoms with Gasteiger partial charge in [0.25, 0.3) is 0 Å². The van der Waals surface area contributed by atoms with Crippen LogP contribution in [0.1, 0.15) is 25.7 Å². The van der Waals surface area contributed by atoms with Crippen molar-refractivity contribution in [3.63, 3.8) is 0 Å². The number of nitrogen functional groups attached to an aromatic ring is 1. The fourth-order valence-electron chi connectivity index (χ4n) is 2.50. The van der Waals surface area contributed by atoms with Crippen molar-refractivity contribution in [3.8, 4) is 0 Å². The number of nitrogens with two attached hydrogens (primary N) is 2. The van der Waals surface area contributed by atoms with Gasteiger partial charge in [-0.2, -0.15) is 4.98 Å². The zero-order valence-corrected chi connectivity index (χ0v) is 12.9. The molecule has 0 spiro atoms. The minimum Gasteiger partial charge on any atom is -0.481 e. The number of aromatic nitrogens is 4. The zero-order chi connectivity index (χ0) is 16.1. The predicted octanol–water partition coefficient (Wildman–Crippen LogP) is 1.43. The van der Waals surface area contributed by atoms with E-state index in [1.54, 1.807) is 0 Å². The molecule has 0 radical (unpaired) electrons. The van der Waals surface area contributed by atoms with Crippen molar-refractivity contribution in [3.05, 3.63) is 11.0 Å². The molecule has 7 N–H and O–H groups in total. The van der Waals surface area contributed by atoms with Gasteiger partial charge in [0.1, 0.15) is 10.2 Å². The third kappa shape index (κ3) is 4.01. The largest absolute Gasteiger partial charge is 0.481 e. The lowest BCUT2D eigenvalue weighted by Crippen LogP contribution is -2.25. The first-order valence-electron chi connectivity index (χ1n) is 7.13. The summed E-state index contributed by atoms with van der Waals surface area (Å²) >= 11 is 4.95. The number of hydrogen-bond acceptors (Lipinski definition) is 6. The molecule has 22 heavy (non-hydrogen) atoms. The molecule has 8 nitrogen and oxygen atoms in total.